The maximum absolute atomic E-state index is 5.50. The number of rotatable bonds is 5. The Bertz CT molecular complexity index is 2090. The first-order valence-corrected chi connectivity index (χ1v) is 14.6. The summed E-state index contributed by atoms with van der Waals surface area (Å²) in [6.45, 7) is 2.33. The summed E-state index contributed by atoms with van der Waals surface area (Å²) in [6.07, 6.45) is 0.927. The molecule has 1 aliphatic heterocycles. The maximum atomic E-state index is 5.50. The van der Waals surface area contributed by atoms with Crippen molar-refractivity contribution in [3.63, 3.8) is 0 Å². The van der Waals surface area contributed by atoms with Gasteiger partial charge in [-0.1, -0.05) is 127 Å². The zero-order chi connectivity index (χ0) is 28.1. The Hall–Kier alpha value is -5.21. The summed E-state index contributed by atoms with van der Waals surface area (Å²) in [7, 11) is 0. The monoisotopic (exact) mass is 538 g/mol. The minimum absolute atomic E-state index is 0.367. The predicted octanol–water partition coefficient (Wildman–Crippen LogP) is 9.81. The zero-order valence-electron chi connectivity index (χ0n) is 23.5. The van der Waals surface area contributed by atoms with E-state index in [9.17, 15) is 0 Å². The van der Waals surface area contributed by atoms with Gasteiger partial charge in [-0.2, -0.15) is 0 Å². The molecule has 6 aromatic carbocycles. The molecule has 0 spiro atoms. The molecule has 1 aromatic heterocycles. The predicted molar refractivity (Wildman–Crippen MR) is 176 cm³/mol. The van der Waals surface area contributed by atoms with Crippen molar-refractivity contribution in [1.29, 1.82) is 0 Å². The molecule has 0 N–H and O–H groups in total. The lowest BCUT2D eigenvalue weighted by atomic mass is 9.71. The third-order valence-corrected chi connectivity index (χ3v) is 8.89. The van der Waals surface area contributed by atoms with Crippen LogP contribution >= 0.6 is 0 Å². The first kappa shape index (κ1) is 24.6. The lowest BCUT2D eigenvalue weighted by Gasteiger charge is -2.29. The van der Waals surface area contributed by atoms with Gasteiger partial charge in [-0.05, 0) is 65.4 Å². The van der Waals surface area contributed by atoms with Gasteiger partial charge in [-0.15, -0.1) is 0 Å². The van der Waals surface area contributed by atoms with Crippen molar-refractivity contribution in [2.45, 2.75) is 18.8 Å². The third kappa shape index (κ3) is 3.76. The highest BCUT2D eigenvalue weighted by atomic mass is 15.0. The standard InChI is InChI=1S/C40H30N2/c1-40(31-17-9-4-10-18-31)34-25-26-36-37(38(34)41-39(40)30-15-7-3-8-16-30)33-19-11-12-20-35(33)42(36)32-23-21-29(22-24-32)27-28-13-5-2-6-14-28/h2-26H,27H2,1H3. The minimum Gasteiger partial charge on any atom is -0.309 e. The molecule has 1 unspecified atom stereocenters. The molecule has 8 rings (SSSR count). The minimum atomic E-state index is -0.367. The lowest BCUT2D eigenvalue weighted by Crippen LogP contribution is -2.31. The van der Waals surface area contributed by atoms with E-state index in [0.29, 0.717) is 0 Å². The Morgan fingerprint density at radius 3 is 1.93 bits per heavy atom. The molecule has 2 heterocycles. The quantitative estimate of drug-likeness (QED) is 0.208. The Kier molecular flexibility index (Phi) is 5.68. The Morgan fingerprint density at radius 1 is 0.571 bits per heavy atom. The summed E-state index contributed by atoms with van der Waals surface area (Å²) >= 11 is 0. The highest BCUT2D eigenvalue weighted by Crippen LogP contribution is 2.51. The van der Waals surface area contributed by atoms with Crippen molar-refractivity contribution in [3.05, 3.63) is 179 Å². The number of aliphatic imine (C=N–C) groups is 1. The van der Waals surface area contributed by atoms with Crippen LogP contribution in [0.2, 0.25) is 0 Å². The first-order valence-electron chi connectivity index (χ1n) is 14.6. The van der Waals surface area contributed by atoms with E-state index in [1.54, 1.807) is 0 Å². The molecule has 0 radical (unpaired) electrons. The number of hydrogen-bond donors (Lipinski definition) is 0. The van der Waals surface area contributed by atoms with Crippen LogP contribution in [-0.4, -0.2) is 10.3 Å². The number of aromatic nitrogens is 1. The summed E-state index contributed by atoms with van der Waals surface area (Å²) in [4.78, 5) is 5.50. The van der Waals surface area contributed by atoms with Crippen LogP contribution in [0.5, 0.6) is 0 Å². The summed E-state index contributed by atoms with van der Waals surface area (Å²) in [5, 5.41) is 2.44. The highest BCUT2D eigenvalue weighted by Gasteiger charge is 2.42. The number of fused-ring (bicyclic) bond motifs is 5. The average molecular weight is 539 g/mol. The van der Waals surface area contributed by atoms with E-state index in [1.165, 1.54) is 44.1 Å². The highest BCUT2D eigenvalue weighted by molar-refractivity contribution is 6.22. The van der Waals surface area contributed by atoms with E-state index < -0.39 is 0 Å². The van der Waals surface area contributed by atoms with Gasteiger partial charge in [0.05, 0.1) is 27.8 Å². The van der Waals surface area contributed by atoms with Crippen LogP contribution in [0.15, 0.2) is 157 Å². The second-order valence-corrected chi connectivity index (χ2v) is 11.4. The van der Waals surface area contributed by atoms with Gasteiger partial charge in [-0.3, -0.25) is 4.99 Å². The van der Waals surface area contributed by atoms with E-state index in [2.05, 4.69) is 163 Å². The fraction of sp³-hybridized carbons (Fsp3) is 0.0750. The van der Waals surface area contributed by atoms with Crippen LogP contribution in [0.25, 0.3) is 27.5 Å². The second-order valence-electron chi connectivity index (χ2n) is 11.4. The number of para-hydroxylation sites is 1. The van der Waals surface area contributed by atoms with Crippen molar-refractivity contribution in [2.24, 2.45) is 4.99 Å². The normalized spacial score (nSPS) is 16.1. The summed E-state index contributed by atoms with van der Waals surface area (Å²) in [6, 6.07) is 54.5. The van der Waals surface area contributed by atoms with Gasteiger partial charge in [0, 0.05) is 16.5 Å². The van der Waals surface area contributed by atoms with Gasteiger partial charge in [0.15, 0.2) is 0 Å². The van der Waals surface area contributed by atoms with Crippen molar-refractivity contribution in [2.75, 3.05) is 0 Å². The van der Waals surface area contributed by atoms with E-state index in [0.717, 1.165) is 29.1 Å². The van der Waals surface area contributed by atoms with Crippen LogP contribution in [0, 0.1) is 0 Å². The summed E-state index contributed by atoms with van der Waals surface area (Å²) < 4.78 is 2.40. The fourth-order valence-electron chi connectivity index (χ4n) is 6.80. The number of nitrogens with zero attached hydrogens (tertiary/aromatic N) is 2. The lowest BCUT2D eigenvalue weighted by molar-refractivity contribution is 0.794. The zero-order valence-corrected chi connectivity index (χ0v) is 23.5. The molecule has 0 aliphatic carbocycles. The third-order valence-electron chi connectivity index (χ3n) is 8.89. The van der Waals surface area contributed by atoms with Crippen LogP contribution in [0.1, 0.15) is 34.7 Å². The largest absolute Gasteiger partial charge is 0.309 e. The van der Waals surface area contributed by atoms with Gasteiger partial charge < -0.3 is 4.57 Å². The van der Waals surface area contributed by atoms with Crippen LogP contribution in [0.3, 0.4) is 0 Å². The Morgan fingerprint density at radius 2 is 1.19 bits per heavy atom. The van der Waals surface area contributed by atoms with Crippen molar-refractivity contribution in [3.8, 4) is 5.69 Å². The molecule has 0 fully saturated rings. The summed E-state index contributed by atoms with van der Waals surface area (Å²) in [5.41, 5.74) is 11.6. The number of benzene rings is 6. The maximum Gasteiger partial charge on any atom is 0.0779 e. The topological polar surface area (TPSA) is 17.3 Å². The van der Waals surface area contributed by atoms with Crippen molar-refractivity contribution >= 4 is 33.2 Å². The molecule has 2 heteroatoms. The van der Waals surface area contributed by atoms with Gasteiger partial charge in [-0.25, -0.2) is 0 Å². The molecule has 0 saturated heterocycles. The average Bonchev–Trinajstić information content (AvgIpc) is 3.56. The molecular formula is C40H30N2. The van der Waals surface area contributed by atoms with Crippen molar-refractivity contribution < 1.29 is 0 Å². The second kappa shape index (κ2) is 9.71. The van der Waals surface area contributed by atoms with E-state index in [1.807, 2.05) is 0 Å². The van der Waals surface area contributed by atoms with E-state index >= 15 is 0 Å². The van der Waals surface area contributed by atoms with Gasteiger partial charge in [0.25, 0.3) is 0 Å². The molecule has 0 bridgehead atoms. The molecule has 200 valence electrons. The SMILES string of the molecule is CC1(c2ccccc2)C(c2ccccc2)=Nc2c1ccc1c2c2ccccc2n1-c1ccc(Cc2ccccc2)cc1. The van der Waals surface area contributed by atoms with Gasteiger partial charge >= 0.3 is 0 Å². The smallest absolute Gasteiger partial charge is 0.0779 e. The van der Waals surface area contributed by atoms with Crippen LogP contribution in [-0.2, 0) is 11.8 Å². The molecule has 7 aromatic rings. The molecular weight excluding hydrogens is 508 g/mol. The van der Waals surface area contributed by atoms with Crippen LogP contribution in [0.4, 0.5) is 5.69 Å². The molecule has 2 nitrogen and oxygen atoms in total. The van der Waals surface area contributed by atoms with E-state index in [-0.39, 0.29) is 5.41 Å². The molecule has 1 aliphatic rings. The molecule has 0 saturated carbocycles. The van der Waals surface area contributed by atoms with Crippen molar-refractivity contribution in [1.82, 2.24) is 4.57 Å². The number of hydrogen-bond acceptors (Lipinski definition) is 1. The van der Waals surface area contributed by atoms with E-state index in [4.69, 9.17) is 4.99 Å². The van der Waals surface area contributed by atoms with Crippen LogP contribution < -0.4 is 0 Å². The summed E-state index contributed by atoms with van der Waals surface area (Å²) in [5.74, 6) is 0. The first-order chi connectivity index (χ1) is 20.7. The van der Waals surface area contributed by atoms with Gasteiger partial charge in [0.1, 0.15) is 0 Å². The Labute approximate surface area is 246 Å². The molecule has 0 amide bonds. The molecule has 42 heavy (non-hydrogen) atoms. The fourth-order valence-corrected chi connectivity index (χ4v) is 6.80. The van der Waals surface area contributed by atoms with Gasteiger partial charge in [0.2, 0.25) is 0 Å². The Balaban J connectivity index is 1.35. The molecule has 1 atom stereocenters.